The standard InChI is InChI=1S/C10H20O.C2H7N/c1-2-4-9-5-3-6-10(11)8-7-9;1-3-2/h9-11H,2-8H2,1H3;3H,1-2H3. The molecule has 0 aromatic carbocycles. The minimum atomic E-state index is 0.0110. The van der Waals surface area contributed by atoms with E-state index in [1.807, 2.05) is 14.1 Å². The summed E-state index contributed by atoms with van der Waals surface area (Å²) < 4.78 is 0. The third-order valence-corrected chi connectivity index (χ3v) is 2.75. The van der Waals surface area contributed by atoms with Gasteiger partial charge < -0.3 is 10.4 Å². The minimum absolute atomic E-state index is 0.0110. The second kappa shape index (κ2) is 9.47. The van der Waals surface area contributed by atoms with Gasteiger partial charge in [-0.1, -0.05) is 32.6 Å². The maximum atomic E-state index is 9.38. The fraction of sp³-hybridized carbons (Fsp3) is 1.00. The molecule has 2 heteroatoms. The Morgan fingerprint density at radius 3 is 2.36 bits per heavy atom. The topological polar surface area (TPSA) is 32.3 Å². The van der Waals surface area contributed by atoms with Crippen molar-refractivity contribution >= 4 is 0 Å². The molecule has 1 saturated carbocycles. The van der Waals surface area contributed by atoms with E-state index < -0.39 is 0 Å². The maximum absolute atomic E-state index is 9.38. The first-order valence-corrected chi connectivity index (χ1v) is 6.01. The number of hydrogen-bond donors (Lipinski definition) is 2. The van der Waals surface area contributed by atoms with E-state index in [9.17, 15) is 5.11 Å². The molecule has 0 amide bonds. The van der Waals surface area contributed by atoms with Gasteiger partial charge in [0.25, 0.3) is 0 Å². The summed E-state index contributed by atoms with van der Waals surface area (Å²) in [5.41, 5.74) is 0. The van der Waals surface area contributed by atoms with Crippen molar-refractivity contribution in [2.24, 2.45) is 5.92 Å². The van der Waals surface area contributed by atoms with Gasteiger partial charge in [-0.15, -0.1) is 0 Å². The van der Waals surface area contributed by atoms with Gasteiger partial charge in [0.2, 0.25) is 0 Å². The highest BCUT2D eigenvalue weighted by atomic mass is 16.3. The van der Waals surface area contributed by atoms with Crippen LogP contribution in [0.2, 0.25) is 0 Å². The van der Waals surface area contributed by atoms with E-state index in [-0.39, 0.29) is 6.10 Å². The lowest BCUT2D eigenvalue weighted by Crippen LogP contribution is -2.03. The molecule has 1 aliphatic rings. The molecule has 2 nitrogen and oxygen atoms in total. The molecule has 0 spiro atoms. The van der Waals surface area contributed by atoms with Gasteiger partial charge in [-0.3, -0.25) is 0 Å². The fourth-order valence-corrected chi connectivity index (χ4v) is 2.06. The van der Waals surface area contributed by atoms with Gasteiger partial charge in [-0.05, 0) is 39.3 Å². The molecular formula is C12H27NO. The van der Waals surface area contributed by atoms with Crippen molar-refractivity contribution in [3.05, 3.63) is 0 Å². The summed E-state index contributed by atoms with van der Waals surface area (Å²) in [5, 5.41) is 12.1. The Labute approximate surface area is 89.1 Å². The molecule has 14 heavy (non-hydrogen) atoms. The van der Waals surface area contributed by atoms with Gasteiger partial charge in [0.05, 0.1) is 6.10 Å². The molecule has 0 heterocycles. The average molecular weight is 201 g/mol. The molecule has 0 aliphatic heterocycles. The third kappa shape index (κ3) is 7.34. The Morgan fingerprint density at radius 2 is 1.79 bits per heavy atom. The van der Waals surface area contributed by atoms with Crippen molar-refractivity contribution < 1.29 is 5.11 Å². The summed E-state index contributed by atoms with van der Waals surface area (Å²) in [6.45, 7) is 2.25. The molecule has 2 N–H and O–H groups in total. The van der Waals surface area contributed by atoms with Gasteiger partial charge in [-0.25, -0.2) is 0 Å². The van der Waals surface area contributed by atoms with Crippen LogP contribution in [0.15, 0.2) is 0 Å². The lowest BCUT2D eigenvalue weighted by atomic mass is 9.95. The van der Waals surface area contributed by atoms with Crippen molar-refractivity contribution in [1.82, 2.24) is 5.32 Å². The third-order valence-electron chi connectivity index (χ3n) is 2.75. The van der Waals surface area contributed by atoms with Gasteiger partial charge in [0.1, 0.15) is 0 Å². The van der Waals surface area contributed by atoms with Gasteiger partial charge >= 0.3 is 0 Å². The molecule has 0 aromatic heterocycles. The lowest BCUT2D eigenvalue weighted by Gasteiger charge is -2.11. The maximum Gasteiger partial charge on any atom is 0.0540 e. The molecule has 0 bridgehead atoms. The van der Waals surface area contributed by atoms with Crippen molar-refractivity contribution in [3.8, 4) is 0 Å². The average Bonchev–Trinajstić information content (AvgIpc) is 2.33. The quantitative estimate of drug-likeness (QED) is 0.673. The van der Waals surface area contributed by atoms with Crippen LogP contribution >= 0.6 is 0 Å². The molecule has 2 unspecified atom stereocenters. The van der Waals surface area contributed by atoms with Crippen LogP contribution in [0.25, 0.3) is 0 Å². The molecular weight excluding hydrogens is 174 g/mol. The van der Waals surface area contributed by atoms with E-state index in [1.54, 1.807) is 0 Å². The number of rotatable bonds is 2. The lowest BCUT2D eigenvalue weighted by molar-refractivity contribution is 0.155. The van der Waals surface area contributed by atoms with Gasteiger partial charge in [-0.2, -0.15) is 0 Å². The SMILES string of the molecule is CCCC1CCCC(O)CC1.CNC. The number of aliphatic hydroxyl groups is 1. The van der Waals surface area contributed by atoms with Crippen molar-refractivity contribution in [2.45, 2.75) is 58.0 Å². The zero-order chi connectivity index (χ0) is 10.8. The molecule has 1 rings (SSSR count). The highest BCUT2D eigenvalue weighted by Crippen LogP contribution is 2.26. The van der Waals surface area contributed by atoms with Gasteiger partial charge in [0.15, 0.2) is 0 Å². The van der Waals surface area contributed by atoms with Crippen LogP contribution in [0.4, 0.5) is 0 Å². The van der Waals surface area contributed by atoms with Crippen molar-refractivity contribution in [2.75, 3.05) is 14.1 Å². The monoisotopic (exact) mass is 201 g/mol. The normalized spacial score (nSPS) is 27.4. The minimum Gasteiger partial charge on any atom is -0.393 e. The first-order chi connectivity index (χ1) is 6.74. The summed E-state index contributed by atoms with van der Waals surface area (Å²) in [7, 11) is 3.75. The Hall–Kier alpha value is -0.0800. The van der Waals surface area contributed by atoms with Crippen LogP contribution in [0.1, 0.15) is 51.9 Å². The van der Waals surface area contributed by atoms with E-state index in [2.05, 4.69) is 12.2 Å². The Kier molecular flexibility index (Phi) is 9.42. The molecule has 0 radical (unpaired) electrons. The molecule has 1 fully saturated rings. The second-order valence-electron chi connectivity index (χ2n) is 4.32. The van der Waals surface area contributed by atoms with Crippen molar-refractivity contribution in [3.63, 3.8) is 0 Å². The van der Waals surface area contributed by atoms with E-state index in [0.717, 1.165) is 18.8 Å². The Morgan fingerprint density at radius 1 is 1.14 bits per heavy atom. The van der Waals surface area contributed by atoms with Crippen LogP contribution in [-0.4, -0.2) is 25.3 Å². The zero-order valence-electron chi connectivity index (χ0n) is 10.1. The Bertz CT molecular complexity index is 117. The Balaban J connectivity index is 0.000000500. The van der Waals surface area contributed by atoms with E-state index in [4.69, 9.17) is 0 Å². The first kappa shape index (κ1) is 13.9. The predicted octanol–water partition coefficient (Wildman–Crippen LogP) is 2.56. The summed E-state index contributed by atoms with van der Waals surface area (Å²) in [5.74, 6) is 0.914. The number of nitrogens with one attached hydrogen (secondary N) is 1. The van der Waals surface area contributed by atoms with E-state index in [0.29, 0.717) is 0 Å². The van der Waals surface area contributed by atoms with E-state index in [1.165, 1.54) is 32.1 Å². The molecule has 86 valence electrons. The molecule has 2 atom stereocenters. The zero-order valence-corrected chi connectivity index (χ0v) is 10.1. The summed E-state index contributed by atoms with van der Waals surface area (Å²) >= 11 is 0. The van der Waals surface area contributed by atoms with E-state index >= 15 is 0 Å². The molecule has 1 aliphatic carbocycles. The second-order valence-corrected chi connectivity index (χ2v) is 4.32. The summed E-state index contributed by atoms with van der Waals surface area (Å²) in [6, 6.07) is 0. The first-order valence-electron chi connectivity index (χ1n) is 6.01. The van der Waals surface area contributed by atoms with Crippen LogP contribution in [0, 0.1) is 5.92 Å². The van der Waals surface area contributed by atoms with Crippen molar-refractivity contribution in [1.29, 1.82) is 0 Å². The predicted molar refractivity (Wildman–Crippen MR) is 62.5 cm³/mol. The van der Waals surface area contributed by atoms with Crippen LogP contribution < -0.4 is 5.32 Å². The van der Waals surface area contributed by atoms with Crippen LogP contribution in [0.3, 0.4) is 0 Å². The van der Waals surface area contributed by atoms with Crippen LogP contribution in [-0.2, 0) is 0 Å². The molecule has 0 aromatic rings. The largest absolute Gasteiger partial charge is 0.393 e. The highest BCUT2D eigenvalue weighted by molar-refractivity contribution is 4.68. The summed E-state index contributed by atoms with van der Waals surface area (Å²) in [4.78, 5) is 0. The smallest absolute Gasteiger partial charge is 0.0540 e. The number of aliphatic hydroxyl groups excluding tert-OH is 1. The van der Waals surface area contributed by atoms with Gasteiger partial charge in [0, 0.05) is 0 Å². The summed E-state index contributed by atoms with van der Waals surface area (Å²) in [6.07, 6.45) is 8.63. The number of hydrogen-bond acceptors (Lipinski definition) is 2. The molecule has 0 saturated heterocycles. The van der Waals surface area contributed by atoms with Crippen LogP contribution in [0.5, 0.6) is 0 Å². The fourth-order valence-electron chi connectivity index (χ4n) is 2.06. The highest BCUT2D eigenvalue weighted by Gasteiger charge is 2.15.